The summed E-state index contributed by atoms with van der Waals surface area (Å²) in [6, 6.07) is 3.12. The highest BCUT2D eigenvalue weighted by atomic mass is 35.5. The molecule has 2 aromatic rings. The number of tetrazole rings is 1. The van der Waals surface area contributed by atoms with Gasteiger partial charge in [-0.2, -0.15) is 0 Å². The van der Waals surface area contributed by atoms with Crippen LogP contribution in [0.3, 0.4) is 0 Å². The summed E-state index contributed by atoms with van der Waals surface area (Å²) in [5.74, 6) is -0.191. The Kier molecular flexibility index (Phi) is 2.42. The number of carbonyl (C=O) groups excluding carboxylic acids is 1. The second-order valence-corrected chi connectivity index (χ2v) is 3.25. The zero-order valence-electron chi connectivity index (χ0n) is 7.75. The van der Waals surface area contributed by atoms with Gasteiger partial charge in [0.2, 0.25) is 11.6 Å². The molecule has 2 heterocycles. The topological polar surface area (TPSA) is 73.6 Å². The first kappa shape index (κ1) is 9.72. The van der Waals surface area contributed by atoms with Gasteiger partial charge in [0.25, 0.3) is 0 Å². The van der Waals surface area contributed by atoms with Crippen LogP contribution in [0.4, 0.5) is 0 Å². The van der Waals surface area contributed by atoms with E-state index >= 15 is 0 Å². The molecule has 7 heteroatoms. The number of ketones is 1. The fourth-order valence-electron chi connectivity index (χ4n) is 1.05. The number of aromatic nitrogens is 5. The molecule has 0 saturated heterocycles. The first-order valence-corrected chi connectivity index (χ1v) is 4.45. The van der Waals surface area contributed by atoms with E-state index < -0.39 is 0 Å². The first-order valence-electron chi connectivity index (χ1n) is 4.07. The molecule has 76 valence electrons. The van der Waals surface area contributed by atoms with Crippen molar-refractivity contribution in [3.63, 3.8) is 0 Å². The summed E-state index contributed by atoms with van der Waals surface area (Å²) in [5, 5.41) is 11.0. The van der Waals surface area contributed by atoms with Crippen molar-refractivity contribution in [3.8, 4) is 0 Å². The van der Waals surface area contributed by atoms with Crippen LogP contribution in [0.2, 0.25) is 5.02 Å². The maximum absolute atomic E-state index is 11.8. The average molecular weight is 224 g/mol. The van der Waals surface area contributed by atoms with Crippen molar-refractivity contribution in [1.82, 2.24) is 25.2 Å². The SMILES string of the molecule is Cn1nnnc1C(=O)c1ccc(Cl)cn1. The van der Waals surface area contributed by atoms with Crippen LogP contribution in [0, 0.1) is 0 Å². The quantitative estimate of drug-likeness (QED) is 0.693. The standard InChI is InChI=1S/C8H6ClN5O/c1-14-8(11-12-13-14)7(15)6-3-2-5(9)4-10-6/h2-4H,1H3. The van der Waals surface area contributed by atoms with Crippen LogP contribution < -0.4 is 0 Å². The van der Waals surface area contributed by atoms with Crippen LogP contribution in [0.5, 0.6) is 0 Å². The Morgan fingerprint density at radius 1 is 1.47 bits per heavy atom. The maximum Gasteiger partial charge on any atom is 0.250 e. The lowest BCUT2D eigenvalue weighted by Gasteiger charge is -1.97. The van der Waals surface area contributed by atoms with Gasteiger partial charge in [-0.15, -0.1) is 5.10 Å². The van der Waals surface area contributed by atoms with E-state index in [4.69, 9.17) is 11.6 Å². The number of carbonyl (C=O) groups is 1. The molecule has 0 aliphatic rings. The predicted molar refractivity (Wildman–Crippen MR) is 51.5 cm³/mol. The lowest BCUT2D eigenvalue weighted by Crippen LogP contribution is -2.11. The summed E-state index contributed by atoms with van der Waals surface area (Å²) >= 11 is 5.65. The Balaban J connectivity index is 2.37. The van der Waals surface area contributed by atoms with E-state index in [1.165, 1.54) is 16.9 Å². The van der Waals surface area contributed by atoms with Gasteiger partial charge in [0.15, 0.2) is 0 Å². The fraction of sp³-hybridized carbons (Fsp3) is 0.125. The summed E-state index contributed by atoms with van der Waals surface area (Å²) in [5.41, 5.74) is 0.261. The van der Waals surface area contributed by atoms with Crippen LogP contribution in [-0.2, 0) is 7.05 Å². The molecule has 6 nitrogen and oxygen atoms in total. The molecule has 0 radical (unpaired) electrons. The molecular formula is C8H6ClN5O. The van der Waals surface area contributed by atoms with Gasteiger partial charge in [0, 0.05) is 13.2 Å². The number of rotatable bonds is 2. The van der Waals surface area contributed by atoms with E-state index in [1.54, 1.807) is 13.1 Å². The van der Waals surface area contributed by atoms with Crippen molar-refractivity contribution in [2.75, 3.05) is 0 Å². The Hall–Kier alpha value is -1.82. The van der Waals surface area contributed by atoms with Gasteiger partial charge in [-0.3, -0.25) is 9.78 Å². The van der Waals surface area contributed by atoms with E-state index in [0.29, 0.717) is 5.02 Å². The minimum Gasteiger partial charge on any atom is -0.283 e. The van der Waals surface area contributed by atoms with E-state index in [0.717, 1.165) is 0 Å². The number of nitrogens with zero attached hydrogens (tertiary/aromatic N) is 5. The van der Waals surface area contributed by atoms with Crippen molar-refractivity contribution < 1.29 is 4.79 Å². The van der Waals surface area contributed by atoms with Gasteiger partial charge >= 0.3 is 0 Å². The minimum atomic E-state index is -0.334. The highest BCUT2D eigenvalue weighted by Crippen LogP contribution is 2.08. The third-order valence-electron chi connectivity index (χ3n) is 1.78. The summed E-state index contributed by atoms with van der Waals surface area (Å²) in [6.45, 7) is 0. The van der Waals surface area contributed by atoms with Crippen molar-refractivity contribution in [1.29, 1.82) is 0 Å². The molecule has 0 amide bonds. The smallest absolute Gasteiger partial charge is 0.250 e. The van der Waals surface area contributed by atoms with Gasteiger partial charge < -0.3 is 0 Å². The number of halogens is 1. The van der Waals surface area contributed by atoms with Crippen molar-refractivity contribution >= 4 is 17.4 Å². The highest BCUT2D eigenvalue weighted by molar-refractivity contribution is 6.30. The Morgan fingerprint density at radius 3 is 2.80 bits per heavy atom. The predicted octanol–water partition coefficient (Wildman–Crippen LogP) is 0.489. The third kappa shape index (κ3) is 1.84. The lowest BCUT2D eigenvalue weighted by molar-refractivity contribution is 0.102. The molecule has 0 N–H and O–H groups in total. The molecule has 0 saturated carbocycles. The number of aryl methyl sites for hydroxylation is 1. The zero-order valence-corrected chi connectivity index (χ0v) is 8.51. The summed E-state index contributed by atoms with van der Waals surface area (Å²) in [7, 11) is 1.59. The molecule has 0 aliphatic carbocycles. The Morgan fingerprint density at radius 2 is 2.27 bits per heavy atom. The molecule has 2 aromatic heterocycles. The molecular weight excluding hydrogens is 218 g/mol. The molecule has 0 fully saturated rings. The second kappa shape index (κ2) is 3.74. The molecule has 0 bridgehead atoms. The Labute approximate surface area is 89.9 Å². The van der Waals surface area contributed by atoms with E-state index in [-0.39, 0.29) is 17.3 Å². The van der Waals surface area contributed by atoms with E-state index in [2.05, 4.69) is 20.5 Å². The van der Waals surface area contributed by atoms with Gasteiger partial charge in [0.05, 0.1) is 5.02 Å². The number of hydrogen-bond acceptors (Lipinski definition) is 5. The maximum atomic E-state index is 11.8. The van der Waals surface area contributed by atoms with E-state index in [9.17, 15) is 4.79 Å². The van der Waals surface area contributed by atoms with Gasteiger partial charge in [-0.25, -0.2) is 4.68 Å². The van der Waals surface area contributed by atoms with Crippen molar-refractivity contribution in [2.24, 2.45) is 7.05 Å². The Bertz CT molecular complexity index is 492. The number of hydrogen-bond donors (Lipinski definition) is 0. The summed E-state index contributed by atoms with van der Waals surface area (Å²) in [4.78, 5) is 15.7. The molecule has 0 aromatic carbocycles. The van der Waals surface area contributed by atoms with Crippen molar-refractivity contribution in [2.45, 2.75) is 0 Å². The third-order valence-corrected chi connectivity index (χ3v) is 2.01. The summed E-state index contributed by atoms with van der Waals surface area (Å²) < 4.78 is 1.29. The zero-order chi connectivity index (χ0) is 10.8. The van der Waals surface area contributed by atoms with Crippen molar-refractivity contribution in [3.05, 3.63) is 34.9 Å². The van der Waals surface area contributed by atoms with Gasteiger partial charge in [-0.1, -0.05) is 11.6 Å². The highest BCUT2D eigenvalue weighted by Gasteiger charge is 2.16. The molecule has 0 aliphatic heterocycles. The number of pyridine rings is 1. The molecule has 0 atom stereocenters. The second-order valence-electron chi connectivity index (χ2n) is 2.82. The van der Waals surface area contributed by atoms with Gasteiger partial charge in [0.1, 0.15) is 5.69 Å². The minimum absolute atomic E-state index is 0.143. The molecule has 0 spiro atoms. The van der Waals surface area contributed by atoms with Crippen LogP contribution in [-0.4, -0.2) is 31.0 Å². The normalized spacial score (nSPS) is 10.3. The fourth-order valence-corrected chi connectivity index (χ4v) is 1.16. The molecule has 15 heavy (non-hydrogen) atoms. The molecule has 0 unspecified atom stereocenters. The van der Waals surface area contributed by atoms with Gasteiger partial charge in [-0.05, 0) is 22.6 Å². The summed E-state index contributed by atoms with van der Waals surface area (Å²) in [6.07, 6.45) is 1.40. The van der Waals surface area contributed by atoms with E-state index in [1.807, 2.05) is 0 Å². The largest absolute Gasteiger partial charge is 0.283 e. The van der Waals surface area contributed by atoms with Crippen LogP contribution >= 0.6 is 11.6 Å². The van der Waals surface area contributed by atoms with Crippen LogP contribution in [0.1, 0.15) is 16.3 Å². The average Bonchev–Trinajstić information content (AvgIpc) is 2.65. The lowest BCUT2D eigenvalue weighted by atomic mass is 10.2. The van der Waals surface area contributed by atoms with Crippen LogP contribution in [0.15, 0.2) is 18.3 Å². The monoisotopic (exact) mass is 223 g/mol. The van der Waals surface area contributed by atoms with Crippen LogP contribution in [0.25, 0.3) is 0 Å². The first-order chi connectivity index (χ1) is 7.18. The molecule has 2 rings (SSSR count).